The molecule has 0 spiro atoms. The molecule has 0 saturated carbocycles. The van der Waals surface area contributed by atoms with Crippen LogP contribution in [-0.2, 0) is 29.9 Å². The number of nitrogens with zero attached hydrogens (tertiary/aromatic N) is 9. The summed E-state index contributed by atoms with van der Waals surface area (Å²) in [5.74, 6) is 0.733. The first kappa shape index (κ1) is 47.2. The number of carbonyl (C=O) groups is 1. The predicted molar refractivity (Wildman–Crippen MR) is 223 cm³/mol. The molecule has 0 aliphatic carbocycles. The van der Waals surface area contributed by atoms with Crippen LogP contribution in [0.3, 0.4) is 0 Å². The number of hydrogen-bond donors (Lipinski definition) is 3. The monoisotopic (exact) mass is 894 g/mol. The van der Waals surface area contributed by atoms with Gasteiger partial charge in [-0.2, -0.15) is 35.9 Å². The normalized spacial score (nSPS) is 18.9. The fourth-order valence-corrected chi connectivity index (χ4v) is 7.15. The van der Waals surface area contributed by atoms with E-state index in [0.717, 1.165) is 46.5 Å². The van der Waals surface area contributed by atoms with Crippen molar-refractivity contribution in [3.8, 4) is 22.8 Å². The Balaban J connectivity index is 0.000000214. The second-order valence-corrected chi connectivity index (χ2v) is 16.2. The first-order valence-corrected chi connectivity index (χ1v) is 19.9. The molecule has 2 fully saturated rings. The zero-order valence-electron chi connectivity index (χ0n) is 34.3. The predicted octanol–water partition coefficient (Wildman–Crippen LogP) is 7.19. The Morgan fingerprint density at radius 1 is 0.656 bits per heavy atom. The highest BCUT2D eigenvalue weighted by molar-refractivity contribution is 5.68. The lowest BCUT2D eigenvalue weighted by atomic mass is 9.98. The number of nitrogens with one attached hydrogen (secondary N) is 1. The van der Waals surface area contributed by atoms with Gasteiger partial charge in [-0.05, 0) is 90.6 Å². The molecule has 64 heavy (non-hydrogen) atoms. The third-order valence-corrected chi connectivity index (χ3v) is 10.4. The van der Waals surface area contributed by atoms with Crippen molar-refractivity contribution in [1.82, 2.24) is 50.6 Å². The van der Waals surface area contributed by atoms with Crippen LogP contribution in [0.2, 0.25) is 0 Å². The standard InChI is InChI=1S/C24H26F3N5O3.C19H18F3N5O.CH4/c1-23(2,3)35-22(34)31-13-19(20(33)14-31)32-29-21(28-30-32)18-7-5-4-6-16(18)12-15-8-10-17(11-9-15)24(25,26)27;20-19(21,22)14-7-5-12(6-8-14)9-13-3-1-2-4-15(13)18-24-26-27(25-18)16-10-23-11-17(16)28;/h4-11,19-20,33H,12-14H2,1-3H3;1-8,16-17,23,28H,9-11H2;1H4/t19-,20-;16-,17-;/m11./s1. The number of likely N-dealkylation sites (tertiary alicyclic amines) is 1. The molecule has 4 aromatic carbocycles. The molecular weight excluding hydrogens is 847 g/mol. The molecule has 340 valence electrons. The summed E-state index contributed by atoms with van der Waals surface area (Å²) in [6, 6.07) is 24.0. The number of alkyl halides is 6. The van der Waals surface area contributed by atoms with Crippen molar-refractivity contribution in [2.45, 2.75) is 83.3 Å². The summed E-state index contributed by atoms with van der Waals surface area (Å²) >= 11 is 0. The largest absolute Gasteiger partial charge is 0.444 e. The van der Waals surface area contributed by atoms with Crippen molar-refractivity contribution in [1.29, 1.82) is 0 Å². The third kappa shape index (κ3) is 11.5. The molecule has 6 aromatic rings. The minimum Gasteiger partial charge on any atom is -0.444 e. The number of benzene rings is 4. The van der Waals surface area contributed by atoms with E-state index in [0.29, 0.717) is 48.7 Å². The molecule has 4 heterocycles. The van der Waals surface area contributed by atoms with Crippen molar-refractivity contribution < 1.29 is 46.1 Å². The third-order valence-electron chi connectivity index (χ3n) is 10.4. The Bertz CT molecular complexity index is 2490. The Hall–Kier alpha value is -6.25. The minimum atomic E-state index is -4.39. The average Bonchev–Trinajstić information content (AvgIpc) is 4.06. The molecule has 4 atom stereocenters. The van der Waals surface area contributed by atoms with Crippen LogP contribution in [0, 0.1) is 0 Å². The molecular formula is C44H48F6N10O4. The van der Waals surface area contributed by atoms with Gasteiger partial charge >= 0.3 is 18.4 Å². The molecule has 1 amide bonds. The molecule has 0 unspecified atom stereocenters. The number of carbonyl (C=O) groups excluding carboxylic acids is 1. The van der Waals surface area contributed by atoms with Crippen LogP contribution >= 0.6 is 0 Å². The number of ether oxygens (including phenoxy) is 1. The van der Waals surface area contributed by atoms with Gasteiger partial charge in [0.25, 0.3) is 0 Å². The van der Waals surface area contributed by atoms with E-state index in [1.165, 1.54) is 38.8 Å². The van der Waals surface area contributed by atoms with Crippen molar-refractivity contribution in [2.75, 3.05) is 26.2 Å². The number of rotatable bonds is 8. The summed E-state index contributed by atoms with van der Waals surface area (Å²) in [6.07, 6.45) is -9.92. The summed E-state index contributed by atoms with van der Waals surface area (Å²) < 4.78 is 82.2. The summed E-state index contributed by atoms with van der Waals surface area (Å²) in [5, 5.41) is 48.8. The van der Waals surface area contributed by atoms with Gasteiger partial charge in [-0.25, -0.2) is 4.79 Å². The number of hydrogen-bond acceptors (Lipinski definition) is 11. The van der Waals surface area contributed by atoms with Crippen molar-refractivity contribution >= 4 is 6.09 Å². The number of β-amino-alcohol motifs (C(OH)–C–C–N with tert-alkyl or cyclic N) is 2. The first-order valence-electron chi connectivity index (χ1n) is 19.9. The zero-order chi connectivity index (χ0) is 45.1. The maximum atomic E-state index is 12.9. The Labute approximate surface area is 364 Å². The van der Waals surface area contributed by atoms with Crippen molar-refractivity contribution in [2.24, 2.45) is 0 Å². The topological polar surface area (TPSA) is 169 Å². The zero-order valence-corrected chi connectivity index (χ0v) is 34.3. The molecule has 2 aliphatic rings. The molecule has 2 saturated heterocycles. The van der Waals surface area contributed by atoms with Gasteiger partial charge in [0.15, 0.2) is 0 Å². The highest BCUT2D eigenvalue weighted by Gasteiger charge is 2.39. The number of aliphatic hydroxyl groups excluding tert-OH is 2. The number of amides is 1. The van der Waals surface area contributed by atoms with E-state index in [9.17, 15) is 41.4 Å². The van der Waals surface area contributed by atoms with Crippen LogP contribution in [0.15, 0.2) is 97.1 Å². The summed E-state index contributed by atoms with van der Waals surface area (Å²) in [7, 11) is 0. The van der Waals surface area contributed by atoms with Crippen molar-refractivity contribution in [3.05, 3.63) is 130 Å². The molecule has 0 bridgehead atoms. The smallest absolute Gasteiger partial charge is 0.416 e. The summed E-state index contributed by atoms with van der Waals surface area (Å²) in [5.41, 5.74) is 2.56. The highest BCUT2D eigenvalue weighted by atomic mass is 19.4. The lowest BCUT2D eigenvalue weighted by molar-refractivity contribution is -0.138. The Morgan fingerprint density at radius 2 is 1.11 bits per heavy atom. The highest BCUT2D eigenvalue weighted by Crippen LogP contribution is 2.32. The van der Waals surface area contributed by atoms with Crippen LogP contribution in [0.1, 0.15) is 73.7 Å². The summed E-state index contributed by atoms with van der Waals surface area (Å²) in [6.45, 7) is 6.59. The van der Waals surface area contributed by atoms with Gasteiger partial charge in [-0.15, -0.1) is 20.4 Å². The van der Waals surface area contributed by atoms with E-state index in [4.69, 9.17) is 4.74 Å². The van der Waals surface area contributed by atoms with E-state index < -0.39 is 53.4 Å². The van der Waals surface area contributed by atoms with E-state index in [2.05, 4.69) is 36.1 Å². The van der Waals surface area contributed by atoms with E-state index >= 15 is 0 Å². The van der Waals surface area contributed by atoms with Crippen LogP contribution in [0.5, 0.6) is 0 Å². The minimum absolute atomic E-state index is 0. The van der Waals surface area contributed by atoms with Crippen LogP contribution in [-0.4, -0.2) is 106 Å². The molecule has 2 aliphatic heterocycles. The lowest BCUT2D eigenvalue weighted by Crippen LogP contribution is -2.36. The fourth-order valence-electron chi connectivity index (χ4n) is 7.15. The van der Waals surface area contributed by atoms with Gasteiger partial charge < -0.3 is 25.2 Å². The molecule has 3 N–H and O–H groups in total. The maximum Gasteiger partial charge on any atom is 0.416 e. The SMILES string of the molecule is C.CC(C)(C)OC(=O)N1C[C@@H](O)[C@H](n2nnc(-c3ccccc3Cc3ccc(C(F)(F)F)cc3)n2)C1.O[C@@H]1CNC[C@H]1n1nnc(-c2ccccc2Cc2ccc(C(F)(F)F)cc2)n1. The number of tetrazole rings is 2. The fraction of sp³-hybridized carbons (Fsp3) is 0.386. The van der Waals surface area contributed by atoms with Crippen LogP contribution in [0.25, 0.3) is 22.8 Å². The molecule has 20 heteroatoms. The molecule has 2 aromatic heterocycles. The lowest BCUT2D eigenvalue weighted by Gasteiger charge is -2.24. The maximum absolute atomic E-state index is 12.9. The molecule has 0 radical (unpaired) electrons. The Kier molecular flexibility index (Phi) is 14.2. The van der Waals surface area contributed by atoms with Crippen LogP contribution in [0.4, 0.5) is 31.1 Å². The van der Waals surface area contributed by atoms with Gasteiger partial charge in [0.2, 0.25) is 11.6 Å². The van der Waals surface area contributed by atoms with E-state index in [-0.39, 0.29) is 26.6 Å². The van der Waals surface area contributed by atoms with Crippen LogP contribution < -0.4 is 5.32 Å². The molecule has 14 nitrogen and oxygen atoms in total. The van der Waals surface area contributed by atoms with Gasteiger partial charge in [-0.1, -0.05) is 80.2 Å². The molecule has 8 rings (SSSR count). The van der Waals surface area contributed by atoms with Crippen molar-refractivity contribution in [3.63, 3.8) is 0 Å². The number of aromatic nitrogens is 8. The number of halogens is 6. The summed E-state index contributed by atoms with van der Waals surface area (Å²) in [4.78, 5) is 16.5. The number of aliphatic hydroxyl groups is 2. The quantitative estimate of drug-likeness (QED) is 0.132. The average molecular weight is 895 g/mol. The van der Waals surface area contributed by atoms with Gasteiger partial charge in [-0.3, -0.25) is 0 Å². The van der Waals surface area contributed by atoms with E-state index in [1.54, 1.807) is 32.9 Å². The van der Waals surface area contributed by atoms with Gasteiger partial charge in [0, 0.05) is 24.2 Å². The van der Waals surface area contributed by atoms with Gasteiger partial charge in [0.05, 0.1) is 36.4 Å². The second kappa shape index (κ2) is 19.2. The van der Waals surface area contributed by atoms with Gasteiger partial charge in [0.1, 0.15) is 17.7 Å². The Morgan fingerprint density at radius 3 is 1.53 bits per heavy atom. The van der Waals surface area contributed by atoms with E-state index in [1.807, 2.05) is 36.4 Å². The second-order valence-electron chi connectivity index (χ2n) is 16.2. The first-order chi connectivity index (χ1) is 29.8.